The second-order valence-corrected chi connectivity index (χ2v) is 13.0. The molecule has 2 fully saturated rings. The number of benzene rings is 1. The highest BCUT2D eigenvalue weighted by atomic mass is 16.5. The van der Waals surface area contributed by atoms with Gasteiger partial charge in [0.1, 0.15) is 23.8 Å². The maximum absolute atomic E-state index is 11.3. The minimum absolute atomic E-state index is 0.126. The van der Waals surface area contributed by atoms with Crippen molar-refractivity contribution in [3.8, 4) is 0 Å². The van der Waals surface area contributed by atoms with Gasteiger partial charge in [0.15, 0.2) is 11.5 Å². The maximum atomic E-state index is 11.3. The summed E-state index contributed by atoms with van der Waals surface area (Å²) < 4.78 is 8.02. The third kappa shape index (κ3) is 5.08. The van der Waals surface area contributed by atoms with E-state index in [4.69, 9.17) is 15.5 Å². The van der Waals surface area contributed by atoms with Gasteiger partial charge in [-0.3, -0.25) is 4.90 Å². The van der Waals surface area contributed by atoms with E-state index in [0.29, 0.717) is 48.1 Å². The zero-order valence-corrected chi connectivity index (χ0v) is 24.2. The monoisotopic (exact) mass is 546 g/mol. The summed E-state index contributed by atoms with van der Waals surface area (Å²) in [6, 6.07) is 7.20. The molecular formula is C30H42N8O2. The van der Waals surface area contributed by atoms with Crippen molar-refractivity contribution in [2.24, 2.45) is 5.92 Å². The molecule has 10 nitrogen and oxygen atoms in total. The van der Waals surface area contributed by atoms with Crippen molar-refractivity contribution in [3.63, 3.8) is 0 Å². The molecule has 4 aromatic rings. The molecule has 3 unspecified atom stereocenters. The molecule has 10 heteroatoms. The van der Waals surface area contributed by atoms with E-state index in [2.05, 4.69) is 77.7 Å². The average Bonchev–Trinajstić information content (AvgIpc) is 3.58. The Bertz CT molecular complexity index is 1480. The van der Waals surface area contributed by atoms with Gasteiger partial charge in [-0.15, -0.1) is 0 Å². The summed E-state index contributed by atoms with van der Waals surface area (Å²) in [4.78, 5) is 23.6. The molecule has 1 aliphatic carbocycles. The van der Waals surface area contributed by atoms with Gasteiger partial charge in [-0.25, -0.2) is 19.9 Å². The molecule has 214 valence electrons. The molecule has 1 aliphatic heterocycles. The number of hydrogen-bond donors (Lipinski definition) is 3. The number of hydrogen-bond acceptors (Lipinski definition) is 8. The van der Waals surface area contributed by atoms with Crippen LogP contribution in [0.1, 0.15) is 71.3 Å². The summed E-state index contributed by atoms with van der Waals surface area (Å²) in [7, 11) is 0. The van der Waals surface area contributed by atoms with Crippen molar-refractivity contribution in [1.29, 1.82) is 0 Å². The van der Waals surface area contributed by atoms with Crippen LogP contribution >= 0.6 is 0 Å². The second-order valence-electron chi connectivity index (χ2n) is 13.0. The Morgan fingerprint density at radius 1 is 1.20 bits per heavy atom. The Morgan fingerprint density at radius 2 is 2.00 bits per heavy atom. The van der Waals surface area contributed by atoms with E-state index >= 15 is 0 Å². The van der Waals surface area contributed by atoms with Crippen molar-refractivity contribution in [2.45, 2.75) is 96.1 Å². The topological polar surface area (TPSA) is 131 Å². The van der Waals surface area contributed by atoms with Crippen LogP contribution in [0.5, 0.6) is 0 Å². The van der Waals surface area contributed by atoms with Crippen LogP contribution in [0.4, 0.5) is 5.82 Å². The Kier molecular flexibility index (Phi) is 7.04. The predicted molar refractivity (Wildman–Crippen MR) is 156 cm³/mol. The first-order chi connectivity index (χ1) is 19.1. The molecule has 4 heterocycles. The Morgan fingerprint density at radius 3 is 2.75 bits per heavy atom. The standard InChI is InChI=1S/C30H42N8O2/c1-17(2)37(13-24-27(39)23(14-40-24)38-16-34-26-28(31)32-15-33-29(26)38)20-10-18(11-20)6-9-25-35-21-8-7-19(30(3,4)5)12-22(21)36-25/h7-8,12,15-18,20,23-24,27,39H,6,9-11,13-14H2,1-5H3,(H,35,36)(H2,31,32,33). The molecule has 6 rings (SSSR count). The second kappa shape index (κ2) is 10.4. The highest BCUT2D eigenvalue weighted by molar-refractivity contribution is 5.81. The van der Waals surface area contributed by atoms with Crippen LogP contribution in [0.3, 0.4) is 0 Å². The Hall–Kier alpha value is -3.08. The van der Waals surface area contributed by atoms with Crippen LogP contribution in [0.25, 0.3) is 22.2 Å². The zero-order valence-electron chi connectivity index (χ0n) is 24.2. The number of nitrogens with zero attached hydrogens (tertiary/aromatic N) is 6. The minimum Gasteiger partial charge on any atom is -0.388 e. The van der Waals surface area contributed by atoms with Crippen LogP contribution in [0, 0.1) is 5.92 Å². The number of aliphatic hydroxyl groups excluding tert-OH is 1. The van der Waals surface area contributed by atoms with E-state index in [1.54, 1.807) is 6.33 Å². The van der Waals surface area contributed by atoms with Crippen LogP contribution in [-0.4, -0.2) is 76.9 Å². The number of nitrogen functional groups attached to an aromatic ring is 1. The van der Waals surface area contributed by atoms with Gasteiger partial charge in [0.25, 0.3) is 0 Å². The number of nitrogens with two attached hydrogens (primary N) is 1. The number of rotatable bonds is 8. The predicted octanol–water partition coefficient (Wildman–Crippen LogP) is 4.00. The number of H-pyrrole nitrogens is 1. The lowest BCUT2D eigenvalue weighted by atomic mass is 9.76. The van der Waals surface area contributed by atoms with E-state index < -0.39 is 6.10 Å². The highest BCUT2D eigenvalue weighted by Gasteiger charge is 2.42. The molecule has 3 aromatic heterocycles. The molecule has 0 spiro atoms. The quantitative estimate of drug-likeness (QED) is 0.302. The SMILES string of the molecule is CC(C)N(CC1OCC(n2cnc3c(N)ncnc32)C1O)C1CC(CCc2nc3ccc(C(C)(C)C)cc3[nH]2)C1. The fourth-order valence-corrected chi connectivity index (χ4v) is 6.37. The summed E-state index contributed by atoms with van der Waals surface area (Å²) in [6.45, 7) is 12.3. The van der Waals surface area contributed by atoms with Gasteiger partial charge in [-0.05, 0) is 62.1 Å². The van der Waals surface area contributed by atoms with Crippen LogP contribution in [0.15, 0.2) is 30.9 Å². The fraction of sp³-hybridized carbons (Fsp3) is 0.600. The first-order valence-corrected chi connectivity index (χ1v) is 14.6. The highest BCUT2D eigenvalue weighted by Crippen LogP contribution is 2.38. The van der Waals surface area contributed by atoms with Gasteiger partial charge in [0, 0.05) is 25.0 Å². The van der Waals surface area contributed by atoms with Crippen LogP contribution in [-0.2, 0) is 16.6 Å². The molecular weight excluding hydrogens is 504 g/mol. The van der Waals surface area contributed by atoms with Crippen molar-refractivity contribution in [1.82, 2.24) is 34.4 Å². The molecule has 4 N–H and O–H groups in total. The molecule has 0 radical (unpaired) electrons. The summed E-state index contributed by atoms with van der Waals surface area (Å²) in [5, 5.41) is 11.3. The summed E-state index contributed by atoms with van der Waals surface area (Å²) >= 11 is 0. The number of nitrogens with one attached hydrogen (secondary N) is 1. The Balaban J connectivity index is 1.04. The number of anilines is 1. The number of aromatic nitrogens is 6. The van der Waals surface area contributed by atoms with Gasteiger partial charge in [-0.2, -0.15) is 0 Å². The molecule has 1 aromatic carbocycles. The van der Waals surface area contributed by atoms with Crippen LogP contribution < -0.4 is 5.73 Å². The fourth-order valence-electron chi connectivity index (χ4n) is 6.37. The Labute approximate surface area is 235 Å². The van der Waals surface area contributed by atoms with Gasteiger partial charge in [0.2, 0.25) is 0 Å². The first-order valence-electron chi connectivity index (χ1n) is 14.6. The van der Waals surface area contributed by atoms with E-state index in [1.807, 2.05) is 4.57 Å². The van der Waals surface area contributed by atoms with E-state index in [-0.39, 0.29) is 17.6 Å². The van der Waals surface area contributed by atoms with E-state index in [9.17, 15) is 5.11 Å². The lowest BCUT2D eigenvalue weighted by Crippen LogP contribution is -2.52. The summed E-state index contributed by atoms with van der Waals surface area (Å²) in [5.74, 6) is 2.11. The molecule has 0 amide bonds. The number of aromatic amines is 1. The molecule has 1 saturated carbocycles. The van der Waals surface area contributed by atoms with E-state index in [0.717, 1.165) is 29.7 Å². The third-order valence-electron chi connectivity index (χ3n) is 8.92. The third-order valence-corrected chi connectivity index (χ3v) is 8.92. The molecule has 0 bridgehead atoms. The van der Waals surface area contributed by atoms with Crippen molar-refractivity contribution < 1.29 is 9.84 Å². The number of aliphatic hydroxyl groups is 1. The number of ether oxygens (including phenoxy) is 1. The van der Waals surface area contributed by atoms with Gasteiger partial charge in [0.05, 0.1) is 36.1 Å². The lowest BCUT2D eigenvalue weighted by Gasteiger charge is -2.46. The zero-order chi connectivity index (χ0) is 28.2. The summed E-state index contributed by atoms with van der Waals surface area (Å²) in [6.07, 6.45) is 6.63. The van der Waals surface area contributed by atoms with Crippen molar-refractivity contribution in [2.75, 3.05) is 18.9 Å². The van der Waals surface area contributed by atoms with E-state index in [1.165, 1.54) is 24.7 Å². The van der Waals surface area contributed by atoms with Crippen molar-refractivity contribution in [3.05, 3.63) is 42.2 Å². The van der Waals surface area contributed by atoms with Gasteiger partial charge >= 0.3 is 0 Å². The van der Waals surface area contributed by atoms with Crippen LogP contribution in [0.2, 0.25) is 0 Å². The minimum atomic E-state index is -0.655. The number of aryl methyl sites for hydroxylation is 1. The molecule has 2 aliphatic rings. The van der Waals surface area contributed by atoms with Crippen molar-refractivity contribution >= 4 is 28.0 Å². The lowest BCUT2D eigenvalue weighted by molar-refractivity contribution is -0.0277. The number of fused-ring (bicyclic) bond motifs is 2. The van der Waals surface area contributed by atoms with Gasteiger partial charge < -0.3 is 25.1 Å². The maximum Gasteiger partial charge on any atom is 0.165 e. The normalized spacial score (nSPS) is 25.4. The first kappa shape index (κ1) is 27.1. The summed E-state index contributed by atoms with van der Waals surface area (Å²) in [5.41, 5.74) is 10.8. The largest absolute Gasteiger partial charge is 0.388 e. The van der Waals surface area contributed by atoms with Gasteiger partial charge in [-0.1, -0.05) is 26.8 Å². The smallest absolute Gasteiger partial charge is 0.165 e. The molecule has 3 atom stereocenters. The average molecular weight is 547 g/mol. The molecule has 40 heavy (non-hydrogen) atoms. The number of imidazole rings is 2. The molecule has 1 saturated heterocycles.